The Morgan fingerprint density at radius 1 is 1.14 bits per heavy atom. The molecule has 0 radical (unpaired) electrons. The third-order valence-electron chi connectivity index (χ3n) is 3.51. The van der Waals surface area contributed by atoms with Gasteiger partial charge in [0.25, 0.3) is 0 Å². The van der Waals surface area contributed by atoms with Crippen molar-refractivity contribution in [2.24, 2.45) is 0 Å². The Labute approximate surface area is 136 Å². The van der Waals surface area contributed by atoms with Gasteiger partial charge in [0.2, 0.25) is 0 Å². The lowest BCUT2D eigenvalue weighted by Gasteiger charge is -2.19. The second-order valence-electron chi connectivity index (χ2n) is 4.85. The van der Waals surface area contributed by atoms with Gasteiger partial charge in [0, 0.05) is 15.2 Å². The minimum absolute atomic E-state index is 0.00499. The topological polar surface area (TPSA) is 24.9 Å². The van der Waals surface area contributed by atoms with Crippen molar-refractivity contribution in [2.45, 2.75) is 6.04 Å². The van der Waals surface area contributed by atoms with E-state index in [0.29, 0.717) is 0 Å². The molecule has 2 aromatic carbocycles. The molecule has 0 amide bonds. The summed E-state index contributed by atoms with van der Waals surface area (Å²) in [4.78, 5) is 4.51. The fraction of sp³-hybridized carbons (Fsp3) is 0.118. The minimum Gasteiger partial charge on any atom is -0.309 e. The van der Waals surface area contributed by atoms with Crippen molar-refractivity contribution in [2.75, 3.05) is 7.05 Å². The summed E-state index contributed by atoms with van der Waals surface area (Å²) in [5, 5.41) is 4.40. The van der Waals surface area contributed by atoms with Gasteiger partial charge < -0.3 is 5.32 Å². The zero-order valence-corrected chi connectivity index (χ0v) is 13.6. The molecule has 106 valence electrons. The van der Waals surface area contributed by atoms with Crippen LogP contribution < -0.4 is 5.32 Å². The first-order valence-corrected chi connectivity index (χ1v) is 7.74. The summed E-state index contributed by atoms with van der Waals surface area (Å²) in [6.07, 6.45) is 1.88. The molecule has 1 aromatic heterocycles. The monoisotopic (exact) mass is 392 g/mol. The number of hydrogen-bond acceptors (Lipinski definition) is 2. The summed E-state index contributed by atoms with van der Waals surface area (Å²) in [5.74, 6) is -0.213. The van der Waals surface area contributed by atoms with E-state index in [4.69, 9.17) is 0 Å². The predicted octanol–water partition coefficient (Wildman–Crippen LogP) is 4.29. The SMILES string of the molecule is CNC(c1cnc2ccccc2c1)c1ccc(F)cc1I. The molecule has 1 heterocycles. The lowest BCUT2D eigenvalue weighted by atomic mass is 9.99. The first-order chi connectivity index (χ1) is 10.2. The Morgan fingerprint density at radius 2 is 1.95 bits per heavy atom. The van der Waals surface area contributed by atoms with Crippen LogP contribution in [0.15, 0.2) is 54.7 Å². The molecule has 0 aliphatic rings. The molecule has 21 heavy (non-hydrogen) atoms. The van der Waals surface area contributed by atoms with Crippen molar-refractivity contribution in [3.63, 3.8) is 0 Å². The molecule has 1 N–H and O–H groups in total. The first kappa shape index (κ1) is 14.4. The highest BCUT2D eigenvalue weighted by molar-refractivity contribution is 14.1. The van der Waals surface area contributed by atoms with E-state index in [9.17, 15) is 4.39 Å². The number of nitrogens with one attached hydrogen (secondary N) is 1. The molecule has 4 heteroatoms. The van der Waals surface area contributed by atoms with Gasteiger partial charge in [-0.1, -0.05) is 24.3 Å². The van der Waals surface area contributed by atoms with Gasteiger partial charge in [-0.05, 0) is 65.0 Å². The van der Waals surface area contributed by atoms with Crippen molar-refractivity contribution >= 4 is 33.5 Å². The van der Waals surface area contributed by atoms with Crippen LogP contribution in [0.25, 0.3) is 10.9 Å². The zero-order chi connectivity index (χ0) is 14.8. The third kappa shape index (κ3) is 2.91. The smallest absolute Gasteiger partial charge is 0.124 e. The van der Waals surface area contributed by atoms with Crippen LogP contribution in [0.1, 0.15) is 17.2 Å². The lowest BCUT2D eigenvalue weighted by molar-refractivity contribution is 0.621. The van der Waals surface area contributed by atoms with E-state index in [1.807, 2.05) is 43.6 Å². The molecule has 0 bridgehead atoms. The fourth-order valence-electron chi connectivity index (χ4n) is 2.48. The van der Waals surface area contributed by atoms with Crippen LogP contribution in [0.3, 0.4) is 0 Å². The van der Waals surface area contributed by atoms with Gasteiger partial charge in [0.05, 0.1) is 11.6 Å². The summed E-state index contributed by atoms with van der Waals surface area (Å²) in [6.45, 7) is 0. The van der Waals surface area contributed by atoms with Crippen LogP contribution >= 0.6 is 22.6 Å². The Morgan fingerprint density at radius 3 is 2.71 bits per heavy atom. The van der Waals surface area contributed by atoms with Crippen molar-refractivity contribution in [1.29, 1.82) is 0 Å². The predicted molar refractivity (Wildman–Crippen MR) is 91.8 cm³/mol. The molecule has 0 saturated heterocycles. The van der Waals surface area contributed by atoms with Gasteiger partial charge in [-0.2, -0.15) is 0 Å². The first-order valence-electron chi connectivity index (χ1n) is 6.66. The van der Waals surface area contributed by atoms with Gasteiger partial charge in [0.1, 0.15) is 5.82 Å². The Hall–Kier alpha value is -1.53. The second kappa shape index (κ2) is 6.07. The summed E-state index contributed by atoms with van der Waals surface area (Å²) in [7, 11) is 1.90. The number of hydrogen-bond donors (Lipinski definition) is 1. The molecule has 0 fully saturated rings. The number of rotatable bonds is 3. The molecule has 1 unspecified atom stereocenters. The molecule has 0 saturated carbocycles. The van der Waals surface area contributed by atoms with Crippen LogP contribution in [0, 0.1) is 9.39 Å². The van der Waals surface area contributed by atoms with E-state index in [0.717, 1.165) is 25.6 Å². The van der Waals surface area contributed by atoms with Crippen LogP contribution in [-0.2, 0) is 0 Å². The average Bonchev–Trinajstić information content (AvgIpc) is 2.50. The number of benzene rings is 2. The number of aromatic nitrogens is 1. The maximum absolute atomic E-state index is 13.3. The van der Waals surface area contributed by atoms with Crippen molar-refractivity contribution < 1.29 is 4.39 Å². The highest BCUT2D eigenvalue weighted by Crippen LogP contribution is 2.27. The van der Waals surface area contributed by atoms with Crippen molar-refractivity contribution in [3.05, 3.63) is 75.2 Å². The van der Waals surface area contributed by atoms with Crippen LogP contribution in [0.4, 0.5) is 4.39 Å². The summed E-state index contributed by atoms with van der Waals surface area (Å²) in [6, 6.07) is 15.0. The van der Waals surface area contributed by atoms with Gasteiger partial charge in [-0.25, -0.2) is 4.39 Å². The maximum Gasteiger partial charge on any atom is 0.124 e. The number of halogens is 2. The van der Waals surface area contributed by atoms with E-state index in [1.165, 1.54) is 6.07 Å². The zero-order valence-electron chi connectivity index (χ0n) is 11.5. The van der Waals surface area contributed by atoms with Gasteiger partial charge >= 0.3 is 0 Å². The number of fused-ring (bicyclic) bond motifs is 1. The molecule has 2 nitrogen and oxygen atoms in total. The Kier molecular flexibility index (Phi) is 4.17. The van der Waals surface area contributed by atoms with E-state index in [1.54, 1.807) is 6.07 Å². The summed E-state index contributed by atoms with van der Waals surface area (Å²) >= 11 is 2.17. The standard InChI is InChI=1S/C17H14FIN2/c1-20-17(14-7-6-13(18)9-15(14)19)12-8-11-4-2-3-5-16(11)21-10-12/h2-10,17,20H,1H3. The second-order valence-corrected chi connectivity index (χ2v) is 6.01. The highest BCUT2D eigenvalue weighted by atomic mass is 127. The molecular weight excluding hydrogens is 378 g/mol. The van der Waals surface area contributed by atoms with Crippen LogP contribution in [-0.4, -0.2) is 12.0 Å². The molecule has 3 rings (SSSR count). The molecular formula is C17H14FIN2. The van der Waals surface area contributed by atoms with Crippen LogP contribution in [0.5, 0.6) is 0 Å². The van der Waals surface area contributed by atoms with E-state index >= 15 is 0 Å². The molecule has 1 atom stereocenters. The molecule has 0 aliphatic carbocycles. The van der Waals surface area contributed by atoms with E-state index in [2.05, 4.69) is 39.0 Å². The lowest BCUT2D eigenvalue weighted by Crippen LogP contribution is -2.19. The molecule has 0 spiro atoms. The molecule has 3 aromatic rings. The van der Waals surface area contributed by atoms with Crippen molar-refractivity contribution in [1.82, 2.24) is 10.3 Å². The fourth-order valence-corrected chi connectivity index (χ4v) is 3.27. The van der Waals surface area contributed by atoms with E-state index < -0.39 is 0 Å². The van der Waals surface area contributed by atoms with Gasteiger partial charge in [-0.3, -0.25) is 4.98 Å². The number of para-hydroxylation sites is 1. The summed E-state index contributed by atoms with van der Waals surface area (Å²) in [5.41, 5.74) is 3.10. The third-order valence-corrected chi connectivity index (χ3v) is 4.44. The number of nitrogens with zero attached hydrogens (tertiary/aromatic N) is 1. The highest BCUT2D eigenvalue weighted by Gasteiger charge is 2.16. The molecule has 0 aliphatic heterocycles. The van der Waals surface area contributed by atoms with Gasteiger partial charge in [-0.15, -0.1) is 0 Å². The Balaban J connectivity index is 2.09. The average molecular weight is 392 g/mol. The minimum atomic E-state index is -0.213. The Bertz CT molecular complexity index is 789. The van der Waals surface area contributed by atoms with Crippen molar-refractivity contribution in [3.8, 4) is 0 Å². The normalized spacial score (nSPS) is 12.5. The number of pyridine rings is 1. The summed E-state index contributed by atoms with van der Waals surface area (Å²) < 4.78 is 14.2. The van der Waals surface area contributed by atoms with E-state index in [-0.39, 0.29) is 11.9 Å². The quantitative estimate of drug-likeness (QED) is 0.673. The van der Waals surface area contributed by atoms with Gasteiger partial charge in [0.15, 0.2) is 0 Å². The van der Waals surface area contributed by atoms with Crippen LogP contribution in [0.2, 0.25) is 0 Å². The largest absolute Gasteiger partial charge is 0.309 e. The maximum atomic E-state index is 13.3.